The Morgan fingerprint density at radius 2 is 2.17 bits per heavy atom. The molecule has 24 heavy (non-hydrogen) atoms. The molecule has 0 unspecified atom stereocenters. The topological polar surface area (TPSA) is 68.0 Å². The lowest BCUT2D eigenvalue weighted by Gasteiger charge is -2.00. The first-order valence-electron chi connectivity index (χ1n) is 7.18. The fourth-order valence-corrected chi connectivity index (χ4v) is 3.27. The van der Waals surface area contributed by atoms with Crippen molar-refractivity contribution in [2.24, 2.45) is 0 Å². The van der Waals surface area contributed by atoms with Crippen LogP contribution in [-0.2, 0) is 10.5 Å². The molecule has 0 aliphatic carbocycles. The predicted molar refractivity (Wildman–Crippen MR) is 93.4 cm³/mol. The summed E-state index contributed by atoms with van der Waals surface area (Å²) in [6, 6.07) is 5.99. The number of hydrogen-bond donors (Lipinski definition) is 1. The number of thiazole rings is 1. The Kier molecular flexibility index (Phi) is 5.60. The SMILES string of the molecule is O=C(CCSCc1coc(-c2ccc(F)cc2)n1)Nc1nccs1. The lowest BCUT2D eigenvalue weighted by Crippen LogP contribution is -2.11. The van der Waals surface area contributed by atoms with E-state index >= 15 is 0 Å². The molecule has 2 heterocycles. The van der Waals surface area contributed by atoms with E-state index in [1.54, 1.807) is 36.4 Å². The highest BCUT2D eigenvalue weighted by molar-refractivity contribution is 7.98. The number of rotatable bonds is 7. The van der Waals surface area contributed by atoms with Crippen molar-refractivity contribution in [1.82, 2.24) is 9.97 Å². The van der Waals surface area contributed by atoms with Gasteiger partial charge in [0.15, 0.2) is 5.13 Å². The van der Waals surface area contributed by atoms with E-state index in [4.69, 9.17) is 4.42 Å². The number of benzene rings is 1. The van der Waals surface area contributed by atoms with Crippen LogP contribution in [0.25, 0.3) is 11.5 Å². The number of amides is 1. The van der Waals surface area contributed by atoms with E-state index in [1.165, 1.54) is 23.5 Å². The Hall–Kier alpha value is -2.19. The summed E-state index contributed by atoms with van der Waals surface area (Å²) in [5.74, 6) is 1.44. The monoisotopic (exact) mass is 363 g/mol. The number of nitrogens with one attached hydrogen (secondary N) is 1. The third-order valence-electron chi connectivity index (χ3n) is 3.04. The van der Waals surface area contributed by atoms with Crippen LogP contribution < -0.4 is 5.32 Å². The largest absolute Gasteiger partial charge is 0.444 e. The minimum absolute atomic E-state index is 0.0513. The second-order valence-corrected chi connectivity index (χ2v) is 6.84. The second kappa shape index (κ2) is 8.07. The molecule has 0 atom stereocenters. The molecule has 0 fully saturated rings. The molecule has 0 saturated carbocycles. The summed E-state index contributed by atoms with van der Waals surface area (Å²) in [7, 11) is 0. The van der Waals surface area contributed by atoms with Crippen LogP contribution in [0.15, 0.2) is 46.5 Å². The van der Waals surface area contributed by atoms with Crippen LogP contribution in [0, 0.1) is 5.82 Å². The van der Waals surface area contributed by atoms with E-state index in [2.05, 4.69) is 15.3 Å². The second-order valence-electron chi connectivity index (χ2n) is 4.84. The number of oxazole rings is 1. The lowest BCUT2D eigenvalue weighted by molar-refractivity contribution is -0.115. The zero-order chi connectivity index (χ0) is 16.8. The van der Waals surface area contributed by atoms with Crippen LogP contribution >= 0.6 is 23.1 Å². The number of carbonyl (C=O) groups excluding carboxylic acids is 1. The molecule has 0 saturated heterocycles. The zero-order valence-corrected chi connectivity index (χ0v) is 14.2. The van der Waals surface area contributed by atoms with Gasteiger partial charge < -0.3 is 9.73 Å². The van der Waals surface area contributed by atoms with Gasteiger partial charge in [-0.3, -0.25) is 4.79 Å². The van der Waals surface area contributed by atoms with Crippen molar-refractivity contribution in [1.29, 1.82) is 0 Å². The van der Waals surface area contributed by atoms with E-state index in [0.29, 0.717) is 28.9 Å². The molecule has 0 spiro atoms. The van der Waals surface area contributed by atoms with Gasteiger partial charge in [0.05, 0.1) is 5.69 Å². The van der Waals surface area contributed by atoms with Crippen LogP contribution in [-0.4, -0.2) is 21.6 Å². The summed E-state index contributed by atoms with van der Waals surface area (Å²) in [5, 5.41) is 5.17. The number of thioether (sulfide) groups is 1. The Balaban J connectivity index is 1.42. The number of nitrogens with zero attached hydrogens (tertiary/aromatic N) is 2. The Bertz CT molecular complexity index is 788. The molecule has 0 bridgehead atoms. The quantitative estimate of drug-likeness (QED) is 0.637. The molecular formula is C16H14FN3O2S2. The fourth-order valence-electron chi connectivity index (χ4n) is 1.91. The van der Waals surface area contributed by atoms with Crippen molar-refractivity contribution >= 4 is 34.1 Å². The predicted octanol–water partition coefficient (Wildman–Crippen LogP) is 4.20. The van der Waals surface area contributed by atoms with Crippen molar-refractivity contribution in [3.63, 3.8) is 0 Å². The third-order valence-corrected chi connectivity index (χ3v) is 4.73. The van der Waals surface area contributed by atoms with Gasteiger partial charge in [0.25, 0.3) is 0 Å². The van der Waals surface area contributed by atoms with Gasteiger partial charge in [-0.1, -0.05) is 0 Å². The number of hydrogen-bond acceptors (Lipinski definition) is 6. The van der Waals surface area contributed by atoms with Gasteiger partial charge in [-0.2, -0.15) is 11.8 Å². The molecule has 0 aliphatic heterocycles. The first kappa shape index (κ1) is 16.7. The van der Waals surface area contributed by atoms with Crippen LogP contribution in [0.3, 0.4) is 0 Å². The molecule has 124 valence electrons. The first-order valence-corrected chi connectivity index (χ1v) is 9.21. The van der Waals surface area contributed by atoms with Crippen LogP contribution in [0.4, 0.5) is 9.52 Å². The maximum atomic E-state index is 12.9. The maximum Gasteiger partial charge on any atom is 0.226 e. The van der Waals surface area contributed by atoms with Crippen LogP contribution in [0.1, 0.15) is 12.1 Å². The van der Waals surface area contributed by atoms with Gasteiger partial charge in [0.1, 0.15) is 12.1 Å². The first-order chi connectivity index (χ1) is 11.7. The third kappa shape index (κ3) is 4.65. The van der Waals surface area contributed by atoms with E-state index < -0.39 is 0 Å². The molecule has 1 aromatic carbocycles. The smallest absolute Gasteiger partial charge is 0.226 e. The standard InChI is InChI=1S/C16H14FN3O2S2/c17-12-3-1-11(2-4-12)15-19-13(9-22-15)10-23-7-5-14(21)20-16-18-6-8-24-16/h1-4,6,8-9H,5,7,10H2,(H,18,20,21). The number of halogens is 1. The van der Waals surface area contributed by atoms with Gasteiger partial charge in [0.2, 0.25) is 11.8 Å². The molecule has 1 N–H and O–H groups in total. The van der Waals surface area contributed by atoms with Gasteiger partial charge in [-0.15, -0.1) is 11.3 Å². The molecular weight excluding hydrogens is 349 g/mol. The van der Waals surface area contributed by atoms with Crippen molar-refractivity contribution in [3.8, 4) is 11.5 Å². The Labute approximate surface area is 146 Å². The Morgan fingerprint density at radius 1 is 1.33 bits per heavy atom. The highest BCUT2D eigenvalue weighted by Gasteiger charge is 2.08. The molecule has 0 radical (unpaired) electrons. The highest BCUT2D eigenvalue weighted by atomic mass is 32.2. The summed E-state index contributed by atoms with van der Waals surface area (Å²) in [4.78, 5) is 20.1. The molecule has 3 rings (SSSR count). The number of anilines is 1. The minimum Gasteiger partial charge on any atom is -0.444 e. The van der Waals surface area contributed by atoms with Crippen LogP contribution in [0.5, 0.6) is 0 Å². The van der Waals surface area contributed by atoms with Gasteiger partial charge in [-0.05, 0) is 24.3 Å². The van der Waals surface area contributed by atoms with Gasteiger partial charge in [-0.25, -0.2) is 14.4 Å². The highest BCUT2D eigenvalue weighted by Crippen LogP contribution is 2.21. The maximum absolute atomic E-state index is 12.9. The number of aromatic nitrogens is 2. The molecule has 0 aliphatic rings. The van der Waals surface area contributed by atoms with Crippen molar-refractivity contribution < 1.29 is 13.6 Å². The zero-order valence-electron chi connectivity index (χ0n) is 12.6. The van der Waals surface area contributed by atoms with Gasteiger partial charge in [0, 0.05) is 35.1 Å². The molecule has 1 amide bonds. The fraction of sp³-hybridized carbons (Fsp3) is 0.188. The molecule has 3 aromatic rings. The molecule has 5 nitrogen and oxygen atoms in total. The van der Waals surface area contributed by atoms with E-state index in [1.807, 2.05) is 5.38 Å². The average Bonchev–Trinajstić information content (AvgIpc) is 3.24. The molecule has 8 heteroatoms. The lowest BCUT2D eigenvalue weighted by atomic mass is 10.2. The molecule has 2 aromatic heterocycles. The van der Waals surface area contributed by atoms with Crippen molar-refractivity contribution in [2.75, 3.05) is 11.1 Å². The minimum atomic E-state index is -0.294. The van der Waals surface area contributed by atoms with E-state index in [0.717, 1.165) is 11.3 Å². The Morgan fingerprint density at radius 3 is 2.92 bits per heavy atom. The summed E-state index contributed by atoms with van der Waals surface area (Å²) in [5.41, 5.74) is 1.52. The van der Waals surface area contributed by atoms with E-state index in [9.17, 15) is 9.18 Å². The van der Waals surface area contributed by atoms with Gasteiger partial charge >= 0.3 is 0 Å². The van der Waals surface area contributed by atoms with Crippen molar-refractivity contribution in [3.05, 3.63) is 53.6 Å². The summed E-state index contributed by atoms with van der Waals surface area (Å²) in [6.45, 7) is 0. The van der Waals surface area contributed by atoms with E-state index in [-0.39, 0.29) is 11.7 Å². The van der Waals surface area contributed by atoms with Crippen molar-refractivity contribution in [2.45, 2.75) is 12.2 Å². The normalized spacial score (nSPS) is 10.7. The summed E-state index contributed by atoms with van der Waals surface area (Å²) in [6.07, 6.45) is 3.65. The number of carbonyl (C=O) groups is 1. The van der Waals surface area contributed by atoms with Crippen LogP contribution in [0.2, 0.25) is 0 Å². The average molecular weight is 363 g/mol. The summed E-state index contributed by atoms with van der Waals surface area (Å²) >= 11 is 2.99. The summed E-state index contributed by atoms with van der Waals surface area (Å²) < 4.78 is 18.3.